The van der Waals surface area contributed by atoms with Crippen molar-refractivity contribution in [2.45, 2.75) is 84.3 Å². The van der Waals surface area contributed by atoms with E-state index in [1.54, 1.807) is 4.90 Å². The summed E-state index contributed by atoms with van der Waals surface area (Å²) in [5, 5.41) is 8.87. The average Bonchev–Trinajstić information content (AvgIpc) is 3.63. The van der Waals surface area contributed by atoms with Crippen molar-refractivity contribution in [1.82, 2.24) is 24.7 Å². The minimum atomic E-state index is -0.0000398. The topological polar surface area (TPSA) is 80.0 Å². The van der Waals surface area contributed by atoms with Gasteiger partial charge < -0.3 is 9.47 Å². The molecule has 0 aliphatic carbocycles. The molecule has 0 radical (unpaired) electrons. The van der Waals surface area contributed by atoms with E-state index in [0.29, 0.717) is 24.4 Å². The maximum absolute atomic E-state index is 13.7. The molecule has 1 amide bonds. The lowest BCUT2D eigenvalue weighted by Gasteiger charge is -2.24. The molecule has 0 spiro atoms. The van der Waals surface area contributed by atoms with Crippen LogP contribution in [-0.2, 0) is 13.0 Å². The van der Waals surface area contributed by atoms with E-state index in [1.807, 2.05) is 24.3 Å². The number of fused-ring (bicyclic) bond motifs is 2. The van der Waals surface area contributed by atoms with Gasteiger partial charge in [0.1, 0.15) is 23.2 Å². The highest BCUT2D eigenvalue weighted by atomic mass is 16.2. The summed E-state index contributed by atoms with van der Waals surface area (Å²) in [7, 11) is 0. The van der Waals surface area contributed by atoms with Gasteiger partial charge in [-0.2, -0.15) is 0 Å². The number of carbonyl (C=O) groups is 1. The first kappa shape index (κ1) is 22.2. The van der Waals surface area contributed by atoms with Gasteiger partial charge >= 0.3 is 0 Å². The predicted molar refractivity (Wildman–Crippen MR) is 136 cm³/mol. The Labute approximate surface area is 206 Å². The molecule has 6 heterocycles. The van der Waals surface area contributed by atoms with E-state index < -0.39 is 0 Å². The lowest BCUT2D eigenvalue weighted by atomic mass is 10.0. The summed E-state index contributed by atoms with van der Waals surface area (Å²) < 4.78 is 2.23. The molecule has 3 aliphatic rings. The Balaban J connectivity index is 1.37. The molecule has 0 N–H and O–H groups in total. The van der Waals surface area contributed by atoms with Gasteiger partial charge in [-0.1, -0.05) is 26.8 Å². The maximum Gasteiger partial charge on any atom is 0.260 e. The number of aromatic nitrogens is 5. The Kier molecular flexibility index (Phi) is 5.34. The third kappa shape index (κ3) is 3.53. The van der Waals surface area contributed by atoms with Crippen LogP contribution < -0.4 is 9.80 Å². The standard InChI is InChI=1S/C27H33N7O/c1-5-18-11-12-23-30-31-26(34(18)23)21-9-6-10-22(28-21)33-15-20-19(27(33)35)14-24(29-25(20)16(2)3)32-13-7-8-17(32)4/h6,9-10,14,16-18H,5,7-8,11-13,15H2,1-4H3/t17-,18+/m1/s1. The molecule has 35 heavy (non-hydrogen) atoms. The number of nitrogens with zero attached hydrogens (tertiary/aromatic N) is 7. The van der Waals surface area contributed by atoms with Crippen molar-refractivity contribution in [3.63, 3.8) is 0 Å². The second kappa shape index (κ2) is 8.43. The van der Waals surface area contributed by atoms with Crippen molar-refractivity contribution in [1.29, 1.82) is 0 Å². The van der Waals surface area contributed by atoms with Gasteiger partial charge in [-0.25, -0.2) is 9.97 Å². The normalized spacial score (nSPS) is 21.3. The largest absolute Gasteiger partial charge is 0.354 e. The fourth-order valence-corrected chi connectivity index (χ4v) is 5.96. The molecule has 1 fully saturated rings. The molecule has 3 aromatic heterocycles. The molecular formula is C27H33N7O. The van der Waals surface area contributed by atoms with E-state index in [0.717, 1.165) is 72.2 Å². The third-order valence-electron chi connectivity index (χ3n) is 7.87. The van der Waals surface area contributed by atoms with E-state index >= 15 is 0 Å². The average molecular weight is 472 g/mol. The first-order valence-corrected chi connectivity index (χ1v) is 13.0. The Bertz CT molecular complexity index is 1300. The van der Waals surface area contributed by atoms with Crippen LogP contribution in [0.1, 0.15) is 92.8 Å². The summed E-state index contributed by atoms with van der Waals surface area (Å²) in [4.78, 5) is 27.8. The Morgan fingerprint density at radius 1 is 1.11 bits per heavy atom. The van der Waals surface area contributed by atoms with Gasteiger partial charge in [0.05, 0.1) is 17.8 Å². The number of hydrogen-bond acceptors (Lipinski definition) is 6. The fourth-order valence-electron chi connectivity index (χ4n) is 5.96. The van der Waals surface area contributed by atoms with Gasteiger partial charge in [0.25, 0.3) is 5.91 Å². The van der Waals surface area contributed by atoms with Crippen molar-refractivity contribution in [3.05, 3.63) is 46.9 Å². The molecule has 3 aliphatic heterocycles. The number of rotatable bonds is 5. The molecule has 3 aromatic rings. The lowest BCUT2D eigenvalue weighted by molar-refractivity contribution is 0.0996. The van der Waals surface area contributed by atoms with Crippen LogP contribution in [0.3, 0.4) is 0 Å². The Morgan fingerprint density at radius 3 is 2.71 bits per heavy atom. The van der Waals surface area contributed by atoms with Crippen LogP contribution in [0.25, 0.3) is 11.5 Å². The van der Waals surface area contributed by atoms with Crippen LogP contribution >= 0.6 is 0 Å². The van der Waals surface area contributed by atoms with Gasteiger partial charge in [0, 0.05) is 30.6 Å². The summed E-state index contributed by atoms with van der Waals surface area (Å²) >= 11 is 0. The summed E-state index contributed by atoms with van der Waals surface area (Å²) in [6.45, 7) is 10.2. The van der Waals surface area contributed by atoms with E-state index in [-0.39, 0.29) is 11.8 Å². The smallest absolute Gasteiger partial charge is 0.260 e. The van der Waals surface area contributed by atoms with E-state index in [1.165, 1.54) is 6.42 Å². The van der Waals surface area contributed by atoms with Gasteiger partial charge in [0.15, 0.2) is 5.82 Å². The molecule has 1 saturated heterocycles. The fraction of sp³-hybridized carbons (Fsp3) is 0.519. The minimum absolute atomic E-state index is 0.0000398. The second-order valence-corrected chi connectivity index (χ2v) is 10.4. The quantitative estimate of drug-likeness (QED) is 0.526. The van der Waals surface area contributed by atoms with Gasteiger partial charge in [-0.3, -0.25) is 9.69 Å². The van der Waals surface area contributed by atoms with Crippen molar-refractivity contribution >= 4 is 17.5 Å². The zero-order valence-electron chi connectivity index (χ0n) is 21.0. The first-order chi connectivity index (χ1) is 17.0. The number of hydrogen-bond donors (Lipinski definition) is 0. The van der Waals surface area contributed by atoms with Crippen molar-refractivity contribution in [3.8, 4) is 11.5 Å². The van der Waals surface area contributed by atoms with Crippen molar-refractivity contribution in [2.75, 3.05) is 16.3 Å². The second-order valence-electron chi connectivity index (χ2n) is 10.4. The highest BCUT2D eigenvalue weighted by Crippen LogP contribution is 2.37. The predicted octanol–water partition coefficient (Wildman–Crippen LogP) is 4.90. The lowest BCUT2D eigenvalue weighted by Crippen LogP contribution is -2.28. The van der Waals surface area contributed by atoms with Gasteiger partial charge in [-0.05, 0) is 56.7 Å². The third-order valence-corrected chi connectivity index (χ3v) is 7.87. The highest BCUT2D eigenvalue weighted by Gasteiger charge is 2.35. The molecule has 2 atom stereocenters. The summed E-state index contributed by atoms with van der Waals surface area (Å²) in [6, 6.07) is 8.70. The van der Waals surface area contributed by atoms with Crippen molar-refractivity contribution < 1.29 is 4.79 Å². The molecular weight excluding hydrogens is 438 g/mol. The number of pyridine rings is 2. The number of aryl methyl sites for hydroxylation is 1. The first-order valence-electron chi connectivity index (χ1n) is 13.0. The highest BCUT2D eigenvalue weighted by molar-refractivity contribution is 6.10. The Morgan fingerprint density at radius 2 is 1.97 bits per heavy atom. The number of carbonyl (C=O) groups excluding carboxylic acids is 1. The maximum atomic E-state index is 13.7. The molecule has 8 heteroatoms. The monoisotopic (exact) mass is 471 g/mol. The summed E-state index contributed by atoms with van der Waals surface area (Å²) in [6.07, 6.45) is 5.42. The van der Waals surface area contributed by atoms with E-state index in [9.17, 15) is 4.79 Å². The zero-order valence-corrected chi connectivity index (χ0v) is 21.0. The van der Waals surface area contributed by atoms with Crippen LogP contribution in [-0.4, -0.2) is 43.2 Å². The molecule has 0 bridgehead atoms. The summed E-state index contributed by atoms with van der Waals surface area (Å²) in [5.74, 6) is 3.64. The van der Waals surface area contributed by atoms with Crippen LogP contribution in [0.15, 0.2) is 24.3 Å². The molecule has 0 saturated carbocycles. The SMILES string of the molecule is CC[C@H]1CCc2nnc(-c3cccc(N4Cc5c(cc(N6CCC[C@H]6C)nc5C(C)C)C4=O)n3)n21. The Hall–Kier alpha value is -3.29. The van der Waals surface area contributed by atoms with Crippen LogP contribution in [0, 0.1) is 0 Å². The molecule has 0 aromatic carbocycles. The summed E-state index contributed by atoms with van der Waals surface area (Å²) in [5.41, 5.74) is 3.57. The van der Waals surface area contributed by atoms with Crippen molar-refractivity contribution in [2.24, 2.45) is 0 Å². The molecule has 6 rings (SSSR count). The van der Waals surface area contributed by atoms with Gasteiger partial charge in [-0.15, -0.1) is 10.2 Å². The molecule has 8 nitrogen and oxygen atoms in total. The molecule has 182 valence electrons. The molecule has 0 unspecified atom stereocenters. The zero-order chi connectivity index (χ0) is 24.3. The number of anilines is 2. The van der Waals surface area contributed by atoms with E-state index in [4.69, 9.17) is 9.97 Å². The number of amides is 1. The van der Waals surface area contributed by atoms with Crippen LogP contribution in [0.2, 0.25) is 0 Å². The minimum Gasteiger partial charge on any atom is -0.354 e. The van der Waals surface area contributed by atoms with E-state index in [2.05, 4.69) is 47.4 Å². The van der Waals surface area contributed by atoms with Crippen LogP contribution in [0.4, 0.5) is 11.6 Å². The van der Waals surface area contributed by atoms with Gasteiger partial charge in [0.2, 0.25) is 0 Å². The van der Waals surface area contributed by atoms with Crippen LogP contribution in [0.5, 0.6) is 0 Å².